The minimum Gasteiger partial charge on any atom is -0.462 e. The molecule has 0 heterocycles. The van der Waals surface area contributed by atoms with Gasteiger partial charge in [0.2, 0.25) is 0 Å². The first kappa shape index (κ1) is 12.9. The summed E-state index contributed by atoms with van der Waals surface area (Å²) in [5.41, 5.74) is 0. The first-order valence-corrected chi connectivity index (χ1v) is 2.89. The zero-order valence-electron chi connectivity index (χ0n) is 6.46. The number of hydrogen-bond acceptors (Lipinski definition) is 4. The molecule has 11 heavy (non-hydrogen) atoms. The summed E-state index contributed by atoms with van der Waals surface area (Å²) >= 11 is 0. The predicted molar refractivity (Wildman–Crippen MR) is 40.5 cm³/mol. The number of rotatable bonds is 3. The zero-order valence-corrected chi connectivity index (χ0v) is 7.27. The molecule has 0 aromatic rings. The Hall–Kier alpha value is -0.770. The predicted octanol–water partition coefficient (Wildman–Crippen LogP) is 0.534. The lowest BCUT2D eigenvalue weighted by Gasteiger charge is -2.00. The van der Waals surface area contributed by atoms with Crippen LogP contribution in [0, 0.1) is 0 Å². The highest BCUT2D eigenvalue weighted by Crippen LogP contribution is 1.79. The molecule has 0 unspecified atom stereocenters. The van der Waals surface area contributed by atoms with Crippen molar-refractivity contribution in [3.05, 3.63) is 0 Å². The van der Waals surface area contributed by atoms with Gasteiger partial charge in [-0.05, 0) is 0 Å². The molecule has 0 aromatic heterocycles. The van der Waals surface area contributed by atoms with E-state index < -0.39 is 0 Å². The van der Waals surface area contributed by atoms with Crippen LogP contribution in [0.2, 0.25) is 0 Å². The molecule has 0 fully saturated rings. The van der Waals surface area contributed by atoms with Crippen molar-refractivity contribution in [3.63, 3.8) is 0 Å². The van der Waals surface area contributed by atoms with Crippen LogP contribution < -0.4 is 0 Å². The SMILES string of the molecule is CC(=O)OCCOC(C)=O.Cl. The molecule has 0 spiro atoms. The molecule has 66 valence electrons. The van der Waals surface area contributed by atoms with Crippen LogP contribution in [0.5, 0.6) is 0 Å². The Balaban J connectivity index is 0. The summed E-state index contributed by atoms with van der Waals surface area (Å²) in [5, 5.41) is 0. The van der Waals surface area contributed by atoms with E-state index in [0.717, 1.165) is 0 Å². The number of carbonyl (C=O) groups is 2. The molecule has 0 aliphatic heterocycles. The second kappa shape index (κ2) is 7.34. The molecule has 0 N–H and O–H groups in total. The number of halogens is 1. The van der Waals surface area contributed by atoms with Crippen molar-refractivity contribution in [2.45, 2.75) is 13.8 Å². The summed E-state index contributed by atoms with van der Waals surface area (Å²) in [7, 11) is 0. The van der Waals surface area contributed by atoms with Crippen molar-refractivity contribution in [2.24, 2.45) is 0 Å². The fourth-order valence-corrected chi connectivity index (χ4v) is 0.371. The normalized spacial score (nSPS) is 7.82. The fourth-order valence-electron chi connectivity index (χ4n) is 0.371. The van der Waals surface area contributed by atoms with Gasteiger partial charge < -0.3 is 9.47 Å². The average molecular weight is 183 g/mol. The van der Waals surface area contributed by atoms with E-state index in [1.807, 2.05) is 0 Å². The van der Waals surface area contributed by atoms with Crippen LogP contribution in [0.15, 0.2) is 0 Å². The van der Waals surface area contributed by atoms with Crippen molar-refractivity contribution >= 4 is 24.3 Å². The van der Waals surface area contributed by atoms with Crippen LogP contribution >= 0.6 is 12.4 Å². The van der Waals surface area contributed by atoms with Gasteiger partial charge in [-0.2, -0.15) is 0 Å². The van der Waals surface area contributed by atoms with Crippen molar-refractivity contribution in [1.82, 2.24) is 0 Å². The highest BCUT2D eigenvalue weighted by molar-refractivity contribution is 5.85. The highest BCUT2D eigenvalue weighted by atomic mass is 35.5. The van der Waals surface area contributed by atoms with Crippen LogP contribution in [0.3, 0.4) is 0 Å². The summed E-state index contributed by atoms with van der Waals surface area (Å²) < 4.78 is 8.95. The van der Waals surface area contributed by atoms with Crippen LogP contribution in [-0.4, -0.2) is 25.2 Å². The van der Waals surface area contributed by atoms with Crippen LogP contribution in [-0.2, 0) is 19.1 Å². The topological polar surface area (TPSA) is 52.6 Å². The van der Waals surface area contributed by atoms with E-state index in [1.54, 1.807) is 0 Å². The Labute approximate surface area is 71.3 Å². The Morgan fingerprint density at radius 1 is 1.00 bits per heavy atom. The molecular weight excluding hydrogens is 172 g/mol. The summed E-state index contributed by atoms with van der Waals surface area (Å²) in [5.74, 6) is -0.737. The Morgan fingerprint density at radius 3 is 1.45 bits per heavy atom. The Morgan fingerprint density at radius 2 is 1.27 bits per heavy atom. The van der Waals surface area contributed by atoms with E-state index in [0.29, 0.717) is 0 Å². The fraction of sp³-hybridized carbons (Fsp3) is 0.667. The quantitative estimate of drug-likeness (QED) is 0.472. The summed E-state index contributed by atoms with van der Waals surface area (Å²) in [6, 6.07) is 0. The van der Waals surface area contributed by atoms with Gasteiger partial charge in [-0.15, -0.1) is 12.4 Å². The zero-order chi connectivity index (χ0) is 7.98. The van der Waals surface area contributed by atoms with Crippen LogP contribution in [0.25, 0.3) is 0 Å². The smallest absolute Gasteiger partial charge is 0.302 e. The molecule has 5 heteroatoms. The number of esters is 2. The molecular formula is C6H11ClO4. The second-order valence-corrected chi connectivity index (χ2v) is 1.68. The average Bonchev–Trinajstić information content (AvgIpc) is 1.79. The van der Waals surface area contributed by atoms with E-state index in [9.17, 15) is 9.59 Å². The Kier molecular flexibility index (Phi) is 8.58. The first-order chi connectivity index (χ1) is 4.63. The molecule has 0 saturated carbocycles. The van der Waals surface area contributed by atoms with Gasteiger partial charge in [0.1, 0.15) is 13.2 Å². The van der Waals surface area contributed by atoms with Crippen molar-refractivity contribution in [1.29, 1.82) is 0 Å². The van der Waals surface area contributed by atoms with Gasteiger partial charge >= 0.3 is 11.9 Å². The van der Waals surface area contributed by atoms with E-state index in [1.165, 1.54) is 13.8 Å². The van der Waals surface area contributed by atoms with Crippen molar-refractivity contribution in [3.8, 4) is 0 Å². The van der Waals surface area contributed by atoms with Gasteiger partial charge in [0, 0.05) is 13.8 Å². The third-order valence-corrected chi connectivity index (χ3v) is 0.694. The summed E-state index contributed by atoms with van der Waals surface area (Å²) in [6.45, 7) is 2.87. The lowest BCUT2D eigenvalue weighted by Crippen LogP contribution is -2.09. The minimum absolute atomic E-state index is 0. The minimum atomic E-state index is -0.368. The van der Waals surface area contributed by atoms with E-state index in [-0.39, 0.29) is 37.6 Å². The standard InChI is InChI=1S/C6H10O4.ClH/c1-5(7)9-3-4-10-6(2)8;/h3-4H2,1-2H3;1H. The molecule has 4 nitrogen and oxygen atoms in total. The molecule has 0 aliphatic rings. The van der Waals surface area contributed by atoms with E-state index >= 15 is 0 Å². The van der Waals surface area contributed by atoms with E-state index in [4.69, 9.17) is 0 Å². The Bertz CT molecular complexity index is 119. The third kappa shape index (κ3) is 12.4. The van der Waals surface area contributed by atoms with Gasteiger partial charge in [0.05, 0.1) is 0 Å². The molecule has 0 atom stereocenters. The van der Waals surface area contributed by atoms with Crippen LogP contribution in [0.4, 0.5) is 0 Å². The maximum absolute atomic E-state index is 10.1. The van der Waals surface area contributed by atoms with Gasteiger partial charge in [-0.25, -0.2) is 0 Å². The van der Waals surface area contributed by atoms with Crippen LogP contribution in [0.1, 0.15) is 13.8 Å². The second-order valence-electron chi connectivity index (χ2n) is 1.68. The van der Waals surface area contributed by atoms with Gasteiger partial charge in [-0.3, -0.25) is 9.59 Å². The molecule has 0 radical (unpaired) electrons. The maximum atomic E-state index is 10.1. The van der Waals surface area contributed by atoms with Gasteiger partial charge in [0.25, 0.3) is 0 Å². The molecule has 0 rings (SSSR count). The lowest BCUT2D eigenvalue weighted by molar-refractivity contribution is -0.149. The number of carbonyl (C=O) groups excluding carboxylic acids is 2. The molecule has 0 aromatic carbocycles. The molecule has 0 aliphatic carbocycles. The highest BCUT2D eigenvalue weighted by Gasteiger charge is 1.94. The van der Waals surface area contributed by atoms with Gasteiger partial charge in [0.15, 0.2) is 0 Å². The van der Waals surface area contributed by atoms with Crippen molar-refractivity contribution < 1.29 is 19.1 Å². The van der Waals surface area contributed by atoms with Crippen molar-refractivity contribution in [2.75, 3.05) is 13.2 Å². The lowest BCUT2D eigenvalue weighted by atomic mass is 10.7. The largest absolute Gasteiger partial charge is 0.462 e. The molecule has 0 saturated heterocycles. The third-order valence-electron chi connectivity index (χ3n) is 0.694. The monoisotopic (exact) mass is 182 g/mol. The number of hydrogen-bond donors (Lipinski definition) is 0. The maximum Gasteiger partial charge on any atom is 0.302 e. The van der Waals surface area contributed by atoms with Gasteiger partial charge in [-0.1, -0.05) is 0 Å². The number of ether oxygens (including phenoxy) is 2. The van der Waals surface area contributed by atoms with E-state index in [2.05, 4.69) is 9.47 Å². The molecule has 0 amide bonds. The summed E-state index contributed by atoms with van der Waals surface area (Å²) in [4.78, 5) is 20.3. The first-order valence-electron chi connectivity index (χ1n) is 2.89. The molecule has 0 bridgehead atoms. The summed E-state index contributed by atoms with van der Waals surface area (Å²) in [6.07, 6.45) is 0.